The van der Waals surface area contributed by atoms with Crippen LogP contribution < -0.4 is 15.6 Å². The third-order valence-electron chi connectivity index (χ3n) is 8.04. The lowest BCUT2D eigenvalue weighted by atomic mass is 9.83. The minimum atomic E-state index is -1.43. The van der Waals surface area contributed by atoms with Crippen molar-refractivity contribution in [3.63, 3.8) is 0 Å². The Morgan fingerprint density at radius 2 is 1.68 bits per heavy atom. The molecule has 3 N–H and O–H groups in total. The second kappa shape index (κ2) is 16.2. The largest absolute Gasteiger partial charge is 0.494 e. The van der Waals surface area contributed by atoms with E-state index in [1.807, 2.05) is 72.8 Å². The Morgan fingerprint density at radius 3 is 2.32 bits per heavy atom. The van der Waals surface area contributed by atoms with Gasteiger partial charge in [0.2, 0.25) is 5.90 Å². The first-order chi connectivity index (χ1) is 23.1. The van der Waals surface area contributed by atoms with E-state index < -0.39 is 11.6 Å². The van der Waals surface area contributed by atoms with E-state index in [2.05, 4.69) is 51.7 Å². The molecule has 240 valence electrons. The molecule has 0 saturated heterocycles. The summed E-state index contributed by atoms with van der Waals surface area (Å²) in [7, 11) is 0. The number of carbonyl (C=O) groups excluding carboxylic acids is 1. The number of nitrogens with zero attached hydrogens (tertiary/aromatic N) is 4. The van der Waals surface area contributed by atoms with Crippen LogP contribution in [0.3, 0.4) is 0 Å². The highest BCUT2D eigenvalue weighted by Crippen LogP contribution is 2.44. The molecule has 0 aromatic heterocycles. The Balaban J connectivity index is 1.46. The summed E-state index contributed by atoms with van der Waals surface area (Å²) < 4.78 is 12.2. The maximum atomic E-state index is 14.4. The third kappa shape index (κ3) is 7.88. The van der Waals surface area contributed by atoms with Crippen LogP contribution in [0.25, 0.3) is 10.4 Å². The predicted molar refractivity (Wildman–Crippen MR) is 182 cm³/mol. The van der Waals surface area contributed by atoms with Crippen molar-refractivity contribution in [1.29, 1.82) is 0 Å². The third-order valence-corrected chi connectivity index (χ3v) is 8.04. The molecular formula is C37H38N6O4. The minimum absolute atomic E-state index is 0.0228. The maximum absolute atomic E-state index is 14.4. The van der Waals surface area contributed by atoms with E-state index in [9.17, 15) is 4.79 Å². The quantitative estimate of drug-likeness (QED) is 0.0322. The summed E-state index contributed by atoms with van der Waals surface area (Å²) in [6, 6.07) is 34.9. The van der Waals surface area contributed by atoms with Gasteiger partial charge in [-0.3, -0.25) is 10.2 Å². The number of nitrogens with one attached hydrogen (secondary N) is 2. The molecule has 0 radical (unpaired) electrons. The highest BCUT2D eigenvalue weighted by molar-refractivity contribution is 6.01. The molecule has 2 atom stereocenters. The Bertz CT molecular complexity index is 1670. The molecule has 1 heterocycles. The first-order valence-corrected chi connectivity index (χ1v) is 15.5. The molecule has 10 nitrogen and oxygen atoms in total. The number of hydrogen-bond donors (Lipinski definition) is 3. The van der Waals surface area contributed by atoms with Crippen LogP contribution in [-0.4, -0.2) is 42.2 Å². The molecule has 0 saturated carbocycles. The molecular weight excluding hydrogens is 592 g/mol. The summed E-state index contributed by atoms with van der Waals surface area (Å²) in [5.74, 6) is 0.520. The van der Waals surface area contributed by atoms with E-state index >= 15 is 0 Å². The van der Waals surface area contributed by atoms with E-state index in [0.29, 0.717) is 42.3 Å². The first-order valence-electron chi connectivity index (χ1n) is 15.5. The molecule has 1 aliphatic heterocycles. The van der Waals surface area contributed by atoms with Gasteiger partial charge in [0.15, 0.2) is 11.6 Å². The molecule has 10 heteroatoms. The Hall–Kier alpha value is -5.41. The van der Waals surface area contributed by atoms with Gasteiger partial charge in [-0.05, 0) is 52.1 Å². The summed E-state index contributed by atoms with van der Waals surface area (Å²) in [5, 5.41) is 12.8. The number of hydrazine groups is 1. The van der Waals surface area contributed by atoms with Crippen LogP contribution in [-0.2, 0) is 16.1 Å². The van der Waals surface area contributed by atoms with Crippen LogP contribution >= 0.6 is 0 Å². The van der Waals surface area contributed by atoms with Gasteiger partial charge in [0, 0.05) is 42.4 Å². The Morgan fingerprint density at radius 1 is 1.02 bits per heavy atom. The van der Waals surface area contributed by atoms with E-state index in [0.717, 1.165) is 16.7 Å². The van der Waals surface area contributed by atoms with Gasteiger partial charge in [-0.1, -0.05) is 96.1 Å². The molecule has 1 amide bonds. The number of aliphatic hydroxyl groups is 1. The lowest BCUT2D eigenvalue weighted by Gasteiger charge is -2.31. The fourth-order valence-corrected chi connectivity index (χ4v) is 5.69. The number of rotatable bonds is 16. The van der Waals surface area contributed by atoms with E-state index in [-0.39, 0.29) is 31.4 Å². The van der Waals surface area contributed by atoms with Crippen molar-refractivity contribution in [2.75, 3.05) is 19.8 Å². The van der Waals surface area contributed by atoms with Crippen molar-refractivity contribution in [2.45, 2.75) is 36.9 Å². The van der Waals surface area contributed by atoms with Crippen molar-refractivity contribution >= 4 is 11.8 Å². The molecule has 0 aliphatic carbocycles. The van der Waals surface area contributed by atoms with Crippen molar-refractivity contribution in [1.82, 2.24) is 10.9 Å². The van der Waals surface area contributed by atoms with Crippen LogP contribution in [0.1, 0.15) is 52.7 Å². The molecule has 47 heavy (non-hydrogen) atoms. The monoisotopic (exact) mass is 630 g/mol. The van der Waals surface area contributed by atoms with Crippen LogP contribution in [0.5, 0.6) is 5.75 Å². The zero-order valence-electron chi connectivity index (χ0n) is 26.0. The van der Waals surface area contributed by atoms with Crippen molar-refractivity contribution in [3.05, 3.63) is 160 Å². The van der Waals surface area contributed by atoms with Crippen molar-refractivity contribution in [2.24, 2.45) is 10.1 Å². The van der Waals surface area contributed by atoms with Gasteiger partial charge in [-0.2, -0.15) is 0 Å². The fourth-order valence-electron chi connectivity index (χ4n) is 5.69. The van der Waals surface area contributed by atoms with E-state index in [1.54, 1.807) is 18.2 Å². The van der Waals surface area contributed by atoms with Crippen LogP contribution in [0.2, 0.25) is 0 Å². The van der Waals surface area contributed by atoms with Crippen molar-refractivity contribution < 1.29 is 19.4 Å². The molecule has 0 bridgehead atoms. The molecule has 1 aliphatic rings. The highest BCUT2D eigenvalue weighted by Gasteiger charge is 2.53. The maximum Gasteiger partial charge on any atom is 0.266 e. The topological polar surface area (TPSA) is 141 Å². The van der Waals surface area contributed by atoms with Gasteiger partial charge in [0.05, 0.1) is 13.2 Å². The SMILES string of the molecule is C=CC[C@]1(C(=O)NNCC(c2ccccc2)c2ccccc2)N=C(c2ccc(OCCCO)cc2)O[C@H]1c1ccccc1CN=[N+]=[N-]. The summed E-state index contributed by atoms with van der Waals surface area (Å²) in [6.07, 6.45) is 1.52. The molecule has 0 unspecified atom stereocenters. The van der Waals surface area contributed by atoms with Gasteiger partial charge in [-0.15, -0.1) is 6.58 Å². The zero-order chi connectivity index (χ0) is 32.9. The number of hydrogen-bond acceptors (Lipinski definition) is 7. The smallest absolute Gasteiger partial charge is 0.266 e. The van der Waals surface area contributed by atoms with Crippen LogP contribution in [0.4, 0.5) is 0 Å². The number of aliphatic hydroxyl groups excluding tert-OH is 1. The van der Waals surface area contributed by atoms with Gasteiger partial charge >= 0.3 is 0 Å². The molecule has 4 aromatic carbocycles. The zero-order valence-corrected chi connectivity index (χ0v) is 26.0. The summed E-state index contributed by atoms with van der Waals surface area (Å²) in [4.78, 5) is 22.3. The van der Waals surface area contributed by atoms with Crippen LogP contribution in [0.15, 0.2) is 132 Å². The number of benzene rings is 4. The van der Waals surface area contributed by atoms with Gasteiger partial charge < -0.3 is 14.6 Å². The molecule has 0 spiro atoms. The Kier molecular flexibility index (Phi) is 11.4. The number of amides is 1. The van der Waals surface area contributed by atoms with Crippen LogP contribution in [0, 0.1) is 0 Å². The molecule has 0 fully saturated rings. The highest BCUT2D eigenvalue weighted by atomic mass is 16.5. The fraction of sp³-hybridized carbons (Fsp3) is 0.243. The summed E-state index contributed by atoms with van der Waals surface area (Å²) in [6.45, 7) is 4.91. The normalized spacial score (nSPS) is 16.9. The second-order valence-electron chi connectivity index (χ2n) is 11.1. The lowest BCUT2D eigenvalue weighted by molar-refractivity contribution is -0.129. The second-order valence-corrected chi connectivity index (χ2v) is 11.1. The standard InChI is InChI=1S/C37H38N6O4/c1-2-22-37(36(45)42-39-26-33(27-12-5-3-6-13-27)28-14-7-4-8-15-28)34(32-17-10-9-16-30(32)25-40-43-38)47-35(41-37)29-18-20-31(21-19-29)46-24-11-23-44/h2-10,12-21,33-34,39,44H,1,11,22-26H2,(H,42,45)/t34-,37-/m0/s1. The number of carbonyl (C=O) groups is 1. The lowest BCUT2D eigenvalue weighted by Crippen LogP contribution is -2.53. The van der Waals surface area contributed by atoms with Gasteiger partial charge in [-0.25, -0.2) is 10.4 Å². The summed E-state index contributed by atoms with van der Waals surface area (Å²) in [5.41, 5.74) is 18.0. The molecule has 5 rings (SSSR count). The van der Waals surface area contributed by atoms with Gasteiger partial charge in [0.1, 0.15) is 5.75 Å². The first kappa shape index (κ1) is 33.0. The Labute approximate surface area is 274 Å². The van der Waals surface area contributed by atoms with Gasteiger partial charge in [0.25, 0.3) is 5.91 Å². The molecule has 4 aromatic rings. The van der Waals surface area contributed by atoms with E-state index in [4.69, 9.17) is 25.1 Å². The van der Waals surface area contributed by atoms with Crippen molar-refractivity contribution in [3.8, 4) is 5.75 Å². The minimum Gasteiger partial charge on any atom is -0.494 e. The number of ether oxygens (including phenoxy) is 2. The number of aliphatic imine (C=N–C) groups is 1. The summed E-state index contributed by atoms with van der Waals surface area (Å²) >= 11 is 0. The van der Waals surface area contributed by atoms with E-state index in [1.165, 1.54) is 0 Å². The average Bonchev–Trinajstić information content (AvgIpc) is 3.51. The number of azide groups is 1. The average molecular weight is 631 g/mol. The predicted octanol–water partition coefficient (Wildman–Crippen LogP) is 6.54.